The van der Waals surface area contributed by atoms with E-state index in [1.165, 1.54) is 43.1 Å². The van der Waals surface area contributed by atoms with Crippen molar-refractivity contribution in [1.82, 2.24) is 15.0 Å². The van der Waals surface area contributed by atoms with Gasteiger partial charge in [0.15, 0.2) is 11.6 Å². The maximum Gasteiger partial charge on any atom is 0.419 e. The normalized spacial score (nSPS) is 12.7. The minimum atomic E-state index is -4.87. The molecule has 0 aliphatic rings. The number of benzene rings is 2. The Morgan fingerprint density at radius 2 is 1.77 bits per heavy atom. The van der Waals surface area contributed by atoms with E-state index in [0.29, 0.717) is 23.5 Å². The summed E-state index contributed by atoms with van der Waals surface area (Å²) >= 11 is 2.16. The lowest BCUT2D eigenvalue weighted by Gasteiger charge is -2.14. The third kappa shape index (κ3) is 6.89. The number of ether oxygens (including phenoxy) is 1. The number of nitrogens with two attached hydrogens (primary N) is 1. The number of thiazole rings is 1. The number of nitrogens with one attached hydrogen (secondary N) is 1. The lowest BCUT2D eigenvalue weighted by Crippen LogP contribution is -2.09. The van der Waals surface area contributed by atoms with Crippen molar-refractivity contribution in [1.29, 1.82) is 0 Å². The van der Waals surface area contributed by atoms with Crippen molar-refractivity contribution in [3.8, 4) is 5.75 Å². The van der Waals surface area contributed by atoms with Crippen molar-refractivity contribution in [3.63, 3.8) is 0 Å². The molecular formula is C25H17F6N5OS2. The molecule has 6 nitrogen and oxygen atoms in total. The van der Waals surface area contributed by atoms with Crippen LogP contribution in [0.15, 0.2) is 76.7 Å². The van der Waals surface area contributed by atoms with Crippen LogP contribution in [-0.4, -0.2) is 15.0 Å². The predicted molar refractivity (Wildman–Crippen MR) is 137 cm³/mol. The van der Waals surface area contributed by atoms with Crippen LogP contribution in [0.1, 0.15) is 23.6 Å². The molecule has 0 bridgehead atoms. The quantitative estimate of drug-likeness (QED) is 0.0978. The SMILES string of the molecule is C/C(Oc1cc(F)c(SNc2cscn2)cc1F)=C(\C=C(/N)c1ccc(C(F)(F)F)c(F)c1)c1cncnc1. The van der Waals surface area contributed by atoms with Gasteiger partial charge < -0.3 is 15.2 Å². The molecular weight excluding hydrogens is 564 g/mol. The molecule has 0 atom stereocenters. The van der Waals surface area contributed by atoms with E-state index in [9.17, 15) is 26.3 Å². The molecule has 4 aromatic rings. The van der Waals surface area contributed by atoms with E-state index < -0.39 is 34.9 Å². The summed E-state index contributed by atoms with van der Waals surface area (Å²) in [5, 5.41) is 1.69. The van der Waals surface area contributed by atoms with E-state index in [2.05, 4.69) is 19.7 Å². The highest BCUT2D eigenvalue weighted by Gasteiger charge is 2.34. The smallest absolute Gasteiger partial charge is 0.419 e. The fraction of sp³-hybridized carbons (Fsp3) is 0.0800. The Bertz CT molecular complexity index is 1530. The summed E-state index contributed by atoms with van der Waals surface area (Å²) in [4.78, 5) is 11.8. The van der Waals surface area contributed by atoms with E-state index in [-0.39, 0.29) is 27.5 Å². The number of alkyl halides is 3. The Morgan fingerprint density at radius 1 is 1.03 bits per heavy atom. The second-order valence-corrected chi connectivity index (χ2v) is 9.35. The first-order chi connectivity index (χ1) is 18.5. The van der Waals surface area contributed by atoms with E-state index in [4.69, 9.17) is 10.5 Å². The second kappa shape index (κ2) is 11.8. The van der Waals surface area contributed by atoms with Crippen LogP contribution in [0, 0.1) is 17.5 Å². The van der Waals surface area contributed by atoms with E-state index in [1.54, 1.807) is 10.9 Å². The van der Waals surface area contributed by atoms with Gasteiger partial charge in [0.2, 0.25) is 0 Å². The number of aromatic nitrogens is 3. The van der Waals surface area contributed by atoms with Crippen molar-refractivity contribution in [2.24, 2.45) is 5.73 Å². The van der Waals surface area contributed by atoms with E-state index in [1.807, 2.05) is 0 Å². The largest absolute Gasteiger partial charge is 0.458 e. The molecule has 0 saturated heterocycles. The number of hydrogen-bond acceptors (Lipinski definition) is 8. The first-order valence-electron chi connectivity index (χ1n) is 10.8. The molecule has 4 rings (SSSR count). The van der Waals surface area contributed by atoms with Crippen LogP contribution in [0.5, 0.6) is 5.75 Å². The summed E-state index contributed by atoms with van der Waals surface area (Å²) in [5.74, 6) is -3.08. The zero-order valence-electron chi connectivity index (χ0n) is 19.8. The van der Waals surface area contributed by atoms with Crippen LogP contribution >= 0.6 is 23.3 Å². The lowest BCUT2D eigenvalue weighted by molar-refractivity contribution is -0.140. The molecule has 0 amide bonds. The number of anilines is 1. The van der Waals surface area contributed by atoms with Gasteiger partial charge in [-0.1, -0.05) is 6.07 Å². The first kappa shape index (κ1) is 28.0. The Morgan fingerprint density at radius 3 is 2.41 bits per heavy atom. The van der Waals surface area contributed by atoms with Gasteiger partial charge in [0.25, 0.3) is 0 Å². The molecule has 0 aliphatic heterocycles. The summed E-state index contributed by atoms with van der Waals surface area (Å²) < 4.78 is 90.9. The maximum atomic E-state index is 14.9. The molecule has 0 aliphatic carbocycles. The summed E-state index contributed by atoms with van der Waals surface area (Å²) in [5.41, 5.74) is 6.57. The van der Waals surface area contributed by atoms with Crippen molar-refractivity contribution >= 4 is 40.4 Å². The Labute approximate surface area is 226 Å². The molecule has 3 N–H and O–H groups in total. The van der Waals surface area contributed by atoms with Crippen molar-refractivity contribution < 1.29 is 31.1 Å². The third-order valence-corrected chi connectivity index (χ3v) is 6.54. The van der Waals surface area contributed by atoms with Crippen LogP contribution in [-0.2, 0) is 6.18 Å². The van der Waals surface area contributed by atoms with Gasteiger partial charge >= 0.3 is 6.18 Å². The van der Waals surface area contributed by atoms with Crippen LogP contribution in [0.4, 0.5) is 32.2 Å². The highest BCUT2D eigenvalue weighted by molar-refractivity contribution is 8.00. The van der Waals surface area contributed by atoms with Gasteiger partial charge in [-0.05, 0) is 43.1 Å². The monoisotopic (exact) mass is 581 g/mol. The minimum absolute atomic E-state index is 0.0273. The number of allylic oxidation sites excluding steroid dienone is 3. The Balaban J connectivity index is 1.66. The average molecular weight is 582 g/mol. The topological polar surface area (TPSA) is 86.0 Å². The first-order valence-corrected chi connectivity index (χ1v) is 12.6. The fourth-order valence-electron chi connectivity index (χ4n) is 3.25. The fourth-order valence-corrected chi connectivity index (χ4v) is 4.45. The number of hydrogen-bond donors (Lipinski definition) is 2. The molecule has 2 aromatic heterocycles. The van der Waals surface area contributed by atoms with Gasteiger partial charge in [-0.3, -0.25) is 0 Å². The summed E-state index contributed by atoms with van der Waals surface area (Å²) in [7, 11) is 0. The van der Waals surface area contributed by atoms with Crippen molar-refractivity contribution in [2.45, 2.75) is 18.0 Å². The minimum Gasteiger partial charge on any atom is -0.458 e. The highest BCUT2D eigenvalue weighted by atomic mass is 32.2. The molecule has 202 valence electrons. The summed E-state index contributed by atoms with van der Waals surface area (Å²) in [6.07, 6.45) is 0.426. The molecule has 2 aromatic carbocycles. The zero-order valence-corrected chi connectivity index (χ0v) is 21.4. The van der Waals surface area contributed by atoms with Gasteiger partial charge in [-0.2, -0.15) is 13.2 Å². The molecule has 2 heterocycles. The highest BCUT2D eigenvalue weighted by Crippen LogP contribution is 2.34. The van der Waals surface area contributed by atoms with Gasteiger partial charge in [0.05, 0.1) is 16.0 Å². The molecule has 14 heteroatoms. The van der Waals surface area contributed by atoms with Crippen LogP contribution < -0.4 is 15.2 Å². The standard InChI is InChI=1S/C25H17F6N5OS2/c1-13(37-22-6-20(28)23(7-19(22)27)39-36-24-10-38-12-35-24)16(15-8-33-11-34-9-15)5-21(32)14-2-3-17(18(26)4-14)25(29,30)31/h2-12,36H,32H2,1H3/b16-13-,21-5-. The number of nitrogens with zero attached hydrogens (tertiary/aromatic N) is 3. The number of halogens is 6. The Hall–Kier alpha value is -4.04. The summed E-state index contributed by atoms with van der Waals surface area (Å²) in [6, 6.07) is 4.04. The van der Waals surface area contributed by atoms with Crippen molar-refractivity contribution in [2.75, 3.05) is 4.72 Å². The van der Waals surface area contributed by atoms with E-state index in [0.717, 1.165) is 30.1 Å². The zero-order chi connectivity index (χ0) is 28.2. The third-order valence-electron chi connectivity index (χ3n) is 5.11. The molecule has 0 unspecified atom stereocenters. The molecule has 0 fully saturated rings. The Kier molecular flexibility index (Phi) is 8.45. The van der Waals surface area contributed by atoms with Crippen LogP contribution in [0.2, 0.25) is 0 Å². The lowest BCUT2D eigenvalue weighted by atomic mass is 10.0. The molecule has 0 radical (unpaired) electrons. The van der Waals surface area contributed by atoms with Crippen molar-refractivity contribution in [3.05, 3.63) is 106 Å². The predicted octanol–water partition coefficient (Wildman–Crippen LogP) is 7.30. The second-order valence-electron chi connectivity index (χ2n) is 7.78. The molecule has 39 heavy (non-hydrogen) atoms. The van der Waals surface area contributed by atoms with Gasteiger partial charge in [0, 0.05) is 46.2 Å². The maximum absolute atomic E-state index is 14.9. The van der Waals surface area contributed by atoms with Gasteiger partial charge in [-0.25, -0.2) is 28.1 Å². The molecule has 0 saturated carbocycles. The molecule has 0 spiro atoms. The van der Waals surface area contributed by atoms with Gasteiger partial charge in [-0.15, -0.1) is 11.3 Å². The van der Waals surface area contributed by atoms with Crippen LogP contribution in [0.3, 0.4) is 0 Å². The average Bonchev–Trinajstić information content (AvgIpc) is 3.41. The summed E-state index contributed by atoms with van der Waals surface area (Å²) in [6.45, 7) is 1.43. The number of rotatable bonds is 8. The van der Waals surface area contributed by atoms with Crippen LogP contribution in [0.25, 0.3) is 11.3 Å². The van der Waals surface area contributed by atoms with E-state index >= 15 is 0 Å². The van der Waals surface area contributed by atoms with Gasteiger partial charge in [0.1, 0.15) is 29.5 Å².